The molecule has 2 aromatic rings. The van der Waals surface area contributed by atoms with E-state index in [2.05, 4.69) is 5.32 Å². The third-order valence-electron chi connectivity index (χ3n) is 4.35. The molecule has 0 fully saturated rings. The van der Waals surface area contributed by atoms with Crippen molar-refractivity contribution in [3.8, 4) is 0 Å². The van der Waals surface area contributed by atoms with E-state index in [0.29, 0.717) is 5.56 Å². The normalized spacial score (nSPS) is 11.7. The summed E-state index contributed by atoms with van der Waals surface area (Å²) in [7, 11) is 1.52. The van der Waals surface area contributed by atoms with Crippen LogP contribution in [0.25, 0.3) is 0 Å². The molecule has 0 saturated heterocycles. The van der Waals surface area contributed by atoms with Gasteiger partial charge in [0.1, 0.15) is 11.9 Å². The summed E-state index contributed by atoms with van der Waals surface area (Å²) in [5.74, 6) is -0.884. The Morgan fingerprint density at radius 2 is 1.73 bits per heavy atom. The number of nitrogens with zero attached hydrogens (tertiary/aromatic N) is 1. The lowest BCUT2D eigenvalue weighted by atomic mass is 10.0. The smallest absolute Gasteiger partial charge is 0.242 e. The van der Waals surface area contributed by atoms with Crippen molar-refractivity contribution < 1.29 is 14.0 Å². The first-order valence-corrected chi connectivity index (χ1v) is 8.63. The van der Waals surface area contributed by atoms with Gasteiger partial charge in [-0.15, -0.1) is 0 Å². The lowest BCUT2D eigenvalue weighted by Crippen LogP contribution is -2.47. The third kappa shape index (κ3) is 4.91. The first kappa shape index (κ1) is 19.6. The summed E-state index contributed by atoms with van der Waals surface area (Å²) in [6.07, 6.45) is 0.165. The number of amides is 2. The van der Waals surface area contributed by atoms with E-state index in [1.807, 2.05) is 32.0 Å². The highest BCUT2D eigenvalue weighted by atomic mass is 19.1. The number of hydrogen-bond donors (Lipinski definition) is 1. The molecule has 0 aromatic heterocycles. The minimum atomic E-state index is -0.696. The van der Waals surface area contributed by atoms with Gasteiger partial charge in [0.15, 0.2) is 0 Å². The summed E-state index contributed by atoms with van der Waals surface area (Å²) in [5, 5.41) is 2.56. The van der Waals surface area contributed by atoms with Crippen molar-refractivity contribution in [3.63, 3.8) is 0 Å². The molecule has 1 N–H and O–H groups in total. The second-order valence-electron chi connectivity index (χ2n) is 6.58. The second kappa shape index (κ2) is 8.61. The fraction of sp³-hybridized carbons (Fsp3) is 0.333. The predicted molar refractivity (Wildman–Crippen MR) is 100 cm³/mol. The maximum atomic E-state index is 14.1. The molecule has 0 aliphatic rings. The Bertz CT molecular complexity index is 784. The van der Waals surface area contributed by atoms with Gasteiger partial charge in [-0.2, -0.15) is 0 Å². The molecule has 0 spiro atoms. The summed E-state index contributed by atoms with van der Waals surface area (Å²) in [5.41, 5.74) is 3.42. The minimum absolute atomic E-state index is 0.0465. The molecule has 2 amide bonds. The van der Waals surface area contributed by atoms with E-state index in [1.54, 1.807) is 25.1 Å². The Morgan fingerprint density at radius 3 is 2.31 bits per heavy atom. The molecular formula is C21H25FN2O2. The molecule has 138 valence electrons. The van der Waals surface area contributed by atoms with Crippen LogP contribution in [0.15, 0.2) is 42.5 Å². The van der Waals surface area contributed by atoms with Crippen molar-refractivity contribution >= 4 is 11.8 Å². The average Bonchev–Trinajstić information content (AvgIpc) is 2.58. The number of benzene rings is 2. The van der Waals surface area contributed by atoms with Crippen LogP contribution in [0.5, 0.6) is 0 Å². The Balaban J connectivity index is 2.28. The van der Waals surface area contributed by atoms with Crippen LogP contribution in [0.1, 0.15) is 29.2 Å². The number of aryl methyl sites for hydroxylation is 2. The summed E-state index contributed by atoms with van der Waals surface area (Å²) < 4.78 is 14.1. The molecule has 26 heavy (non-hydrogen) atoms. The molecule has 0 heterocycles. The maximum absolute atomic E-state index is 14.1. The minimum Gasteiger partial charge on any atom is -0.357 e. The number of nitrogens with one attached hydrogen (secondary N) is 1. The van der Waals surface area contributed by atoms with Crippen LogP contribution in [-0.4, -0.2) is 29.8 Å². The van der Waals surface area contributed by atoms with Gasteiger partial charge in [0.25, 0.3) is 0 Å². The topological polar surface area (TPSA) is 49.4 Å². The van der Waals surface area contributed by atoms with Gasteiger partial charge in [0, 0.05) is 19.2 Å². The van der Waals surface area contributed by atoms with Gasteiger partial charge >= 0.3 is 0 Å². The zero-order valence-corrected chi connectivity index (χ0v) is 15.7. The second-order valence-corrected chi connectivity index (χ2v) is 6.58. The number of likely N-dealkylation sites (N-methyl/N-ethyl adjacent to an activating group) is 1. The lowest BCUT2D eigenvalue weighted by molar-refractivity contribution is -0.139. The molecule has 1 atom stereocenters. The van der Waals surface area contributed by atoms with Gasteiger partial charge in [-0.25, -0.2) is 4.39 Å². The predicted octanol–water partition coefficient (Wildman–Crippen LogP) is 3.15. The van der Waals surface area contributed by atoms with Crippen molar-refractivity contribution in [1.82, 2.24) is 10.2 Å². The lowest BCUT2D eigenvalue weighted by Gasteiger charge is -2.28. The summed E-state index contributed by atoms with van der Waals surface area (Å²) in [4.78, 5) is 26.5. The molecule has 0 aliphatic heterocycles. The fourth-order valence-corrected chi connectivity index (χ4v) is 3.05. The summed E-state index contributed by atoms with van der Waals surface area (Å²) in [6.45, 7) is 5.65. The molecular weight excluding hydrogens is 331 g/mol. The van der Waals surface area contributed by atoms with E-state index in [-0.39, 0.29) is 30.6 Å². The van der Waals surface area contributed by atoms with E-state index >= 15 is 0 Å². The molecule has 0 aliphatic carbocycles. The standard InChI is InChI=1S/C21H25FN2O2/c1-14-9-15(2)11-17(10-14)12-20(25)24(16(3)21(26)23-4)13-18-7-5-6-8-19(18)22/h5-11,16H,12-13H2,1-4H3,(H,23,26). The molecule has 0 bridgehead atoms. The van der Waals surface area contributed by atoms with E-state index in [4.69, 9.17) is 0 Å². The Labute approximate surface area is 154 Å². The van der Waals surface area contributed by atoms with Crippen molar-refractivity contribution in [2.24, 2.45) is 0 Å². The molecule has 0 saturated carbocycles. The number of carbonyl (C=O) groups excluding carboxylic acids is 2. The van der Waals surface area contributed by atoms with Crippen LogP contribution < -0.4 is 5.32 Å². The third-order valence-corrected chi connectivity index (χ3v) is 4.35. The van der Waals surface area contributed by atoms with Gasteiger partial charge in [0.05, 0.1) is 6.42 Å². The van der Waals surface area contributed by atoms with E-state index in [9.17, 15) is 14.0 Å². The summed E-state index contributed by atoms with van der Waals surface area (Å²) in [6, 6.07) is 11.6. The number of hydrogen-bond acceptors (Lipinski definition) is 2. The highest BCUT2D eigenvalue weighted by Gasteiger charge is 2.26. The van der Waals surface area contributed by atoms with Crippen molar-refractivity contribution in [1.29, 1.82) is 0 Å². The first-order chi connectivity index (χ1) is 12.3. The molecule has 1 unspecified atom stereocenters. The van der Waals surface area contributed by atoms with Crippen LogP contribution >= 0.6 is 0 Å². The molecule has 5 heteroatoms. The van der Waals surface area contributed by atoms with Crippen LogP contribution in [0.2, 0.25) is 0 Å². The maximum Gasteiger partial charge on any atom is 0.242 e. The molecule has 0 radical (unpaired) electrons. The Morgan fingerprint density at radius 1 is 1.12 bits per heavy atom. The zero-order chi connectivity index (χ0) is 19.3. The van der Waals surface area contributed by atoms with E-state index < -0.39 is 6.04 Å². The molecule has 2 rings (SSSR count). The highest BCUT2D eigenvalue weighted by molar-refractivity contribution is 5.88. The van der Waals surface area contributed by atoms with Crippen LogP contribution in [-0.2, 0) is 22.6 Å². The average molecular weight is 356 g/mol. The van der Waals surface area contributed by atoms with Gasteiger partial charge in [-0.05, 0) is 32.4 Å². The zero-order valence-electron chi connectivity index (χ0n) is 15.7. The number of carbonyl (C=O) groups is 2. The highest BCUT2D eigenvalue weighted by Crippen LogP contribution is 2.16. The van der Waals surface area contributed by atoms with Gasteiger partial charge < -0.3 is 10.2 Å². The summed E-state index contributed by atoms with van der Waals surface area (Å²) >= 11 is 0. The fourth-order valence-electron chi connectivity index (χ4n) is 3.05. The van der Waals surface area contributed by atoms with E-state index in [0.717, 1.165) is 16.7 Å². The van der Waals surface area contributed by atoms with Gasteiger partial charge in [-0.3, -0.25) is 9.59 Å². The monoisotopic (exact) mass is 356 g/mol. The first-order valence-electron chi connectivity index (χ1n) is 8.63. The largest absolute Gasteiger partial charge is 0.357 e. The van der Waals surface area contributed by atoms with Crippen molar-refractivity contribution in [2.45, 2.75) is 39.8 Å². The van der Waals surface area contributed by atoms with Crippen LogP contribution in [0.3, 0.4) is 0 Å². The quantitative estimate of drug-likeness (QED) is 0.864. The van der Waals surface area contributed by atoms with Crippen LogP contribution in [0.4, 0.5) is 4.39 Å². The Kier molecular flexibility index (Phi) is 6.50. The van der Waals surface area contributed by atoms with Crippen LogP contribution in [0, 0.1) is 19.7 Å². The number of rotatable bonds is 6. The van der Waals surface area contributed by atoms with Gasteiger partial charge in [-0.1, -0.05) is 47.5 Å². The van der Waals surface area contributed by atoms with Gasteiger partial charge in [0.2, 0.25) is 11.8 Å². The van der Waals surface area contributed by atoms with E-state index in [1.165, 1.54) is 18.0 Å². The SMILES string of the molecule is CNC(=O)C(C)N(Cc1ccccc1F)C(=O)Cc1cc(C)cc(C)c1. The van der Waals surface area contributed by atoms with Crippen molar-refractivity contribution in [3.05, 3.63) is 70.5 Å². The molecule has 2 aromatic carbocycles. The molecule has 4 nitrogen and oxygen atoms in total. The van der Waals surface area contributed by atoms with Crippen molar-refractivity contribution in [2.75, 3.05) is 7.05 Å². The number of halogens is 1. The Hall–Kier alpha value is -2.69.